The number of unbranched alkanes of at least 4 members (excludes halogenated alkanes) is 26. The van der Waals surface area contributed by atoms with Crippen molar-refractivity contribution in [1.29, 1.82) is 0 Å². The maximum Gasteiger partial charge on any atom is 0.472 e. The second kappa shape index (κ2) is 40.1. The first-order chi connectivity index (χ1) is 26.3. The molecule has 0 aromatic rings. The Hall–Kier alpha value is -1.06. The summed E-state index contributed by atoms with van der Waals surface area (Å²) in [7, 11) is -4.40. The van der Waals surface area contributed by atoms with Gasteiger partial charge in [-0.15, -0.1) is 0 Å². The second-order valence-electron chi connectivity index (χ2n) is 15.4. The molecule has 0 radical (unpaired) electrons. The summed E-state index contributed by atoms with van der Waals surface area (Å²) in [4.78, 5) is 22.8. The van der Waals surface area contributed by atoms with Crippen molar-refractivity contribution in [2.24, 2.45) is 5.73 Å². The Balaban J connectivity index is 4.32. The van der Waals surface area contributed by atoms with Gasteiger partial charge in [-0.3, -0.25) is 13.8 Å². The molecule has 0 aliphatic rings. The third kappa shape index (κ3) is 37.8. The van der Waals surface area contributed by atoms with E-state index in [1.54, 1.807) is 6.08 Å². The number of amides is 1. The summed E-state index contributed by atoms with van der Waals surface area (Å²) < 4.78 is 22.1. The Labute approximate surface area is 332 Å². The minimum Gasteiger partial charge on any atom is -0.393 e. The Kier molecular flexibility index (Phi) is 39.4. The number of hydrogen-bond donors (Lipinski definition) is 5. The van der Waals surface area contributed by atoms with Crippen LogP contribution in [0, 0.1) is 0 Å². The first-order valence-electron chi connectivity index (χ1n) is 22.5. The lowest BCUT2D eigenvalue weighted by Crippen LogP contribution is -2.46. The Morgan fingerprint density at radius 3 is 1.48 bits per heavy atom. The molecular weight excluding hydrogens is 699 g/mol. The molecule has 0 bridgehead atoms. The van der Waals surface area contributed by atoms with Crippen molar-refractivity contribution in [2.45, 2.75) is 231 Å². The van der Waals surface area contributed by atoms with E-state index in [4.69, 9.17) is 14.8 Å². The molecule has 0 aromatic carbocycles. The van der Waals surface area contributed by atoms with Gasteiger partial charge in [0.05, 0.1) is 37.9 Å². The van der Waals surface area contributed by atoms with Gasteiger partial charge in [0.2, 0.25) is 5.91 Å². The van der Waals surface area contributed by atoms with Gasteiger partial charge in [0.1, 0.15) is 0 Å². The summed E-state index contributed by atoms with van der Waals surface area (Å²) in [6, 6.07) is -0.983. The highest BCUT2D eigenvalue weighted by Gasteiger charge is 2.27. The van der Waals surface area contributed by atoms with Crippen LogP contribution < -0.4 is 11.1 Å². The fourth-order valence-corrected chi connectivity index (χ4v) is 7.40. The van der Waals surface area contributed by atoms with Crippen LogP contribution in [0.4, 0.5) is 0 Å². The summed E-state index contributed by atoms with van der Waals surface area (Å²) in [6.07, 6.45) is 42.6. The highest BCUT2D eigenvalue weighted by molar-refractivity contribution is 7.47. The van der Waals surface area contributed by atoms with Gasteiger partial charge < -0.3 is 26.2 Å². The van der Waals surface area contributed by atoms with Gasteiger partial charge >= 0.3 is 7.82 Å². The summed E-state index contributed by atoms with van der Waals surface area (Å²) >= 11 is 0. The van der Waals surface area contributed by atoms with Crippen LogP contribution in [-0.4, -0.2) is 59.0 Å². The van der Waals surface area contributed by atoms with Crippen molar-refractivity contribution in [1.82, 2.24) is 5.32 Å². The quantitative estimate of drug-likeness (QED) is 0.0233. The first kappa shape index (κ1) is 52.9. The van der Waals surface area contributed by atoms with Gasteiger partial charge in [0.25, 0.3) is 0 Å². The summed E-state index contributed by atoms with van der Waals surface area (Å²) in [5, 5.41) is 24.1. The van der Waals surface area contributed by atoms with Crippen LogP contribution >= 0.6 is 7.82 Å². The van der Waals surface area contributed by atoms with Crippen molar-refractivity contribution >= 4 is 13.7 Å². The largest absolute Gasteiger partial charge is 0.472 e. The maximum atomic E-state index is 12.8. The number of nitrogens with one attached hydrogen (secondary N) is 1. The van der Waals surface area contributed by atoms with E-state index in [0.717, 1.165) is 51.4 Å². The van der Waals surface area contributed by atoms with E-state index >= 15 is 0 Å². The number of aliphatic hydroxyl groups excluding tert-OH is 2. The fourth-order valence-electron chi connectivity index (χ4n) is 6.64. The molecular formula is C44H87N2O7P. The molecule has 0 saturated heterocycles. The van der Waals surface area contributed by atoms with E-state index in [0.29, 0.717) is 6.42 Å². The van der Waals surface area contributed by atoms with Crippen molar-refractivity contribution in [3.05, 3.63) is 24.3 Å². The molecule has 4 unspecified atom stereocenters. The first-order valence-corrected chi connectivity index (χ1v) is 24.0. The van der Waals surface area contributed by atoms with E-state index in [1.165, 1.54) is 135 Å². The number of hydrogen-bond acceptors (Lipinski definition) is 7. The van der Waals surface area contributed by atoms with E-state index in [1.807, 2.05) is 6.08 Å². The third-order valence-electron chi connectivity index (χ3n) is 10.1. The van der Waals surface area contributed by atoms with E-state index in [-0.39, 0.29) is 19.6 Å². The number of phosphoric acid groups is 1. The third-order valence-corrected chi connectivity index (χ3v) is 11.1. The fraction of sp³-hybridized carbons (Fsp3) is 0.886. The smallest absolute Gasteiger partial charge is 0.393 e. The van der Waals surface area contributed by atoms with Crippen molar-refractivity contribution in [3.63, 3.8) is 0 Å². The predicted molar refractivity (Wildman–Crippen MR) is 227 cm³/mol. The SMILES string of the molecule is CCCCCCCC/C=C\CCCCCCCC(O)CC(=O)NC(COP(=O)(O)OCCN)C(O)/C=C/CCCCCCCCCCCCCCCCC. The number of phosphoric ester groups is 1. The van der Waals surface area contributed by atoms with Gasteiger partial charge in [-0.25, -0.2) is 4.57 Å². The summed E-state index contributed by atoms with van der Waals surface area (Å²) in [5.74, 6) is -0.450. The molecule has 6 N–H and O–H groups in total. The molecule has 10 heteroatoms. The molecule has 0 fully saturated rings. The van der Waals surface area contributed by atoms with Gasteiger partial charge in [-0.2, -0.15) is 0 Å². The van der Waals surface area contributed by atoms with Crippen LogP contribution in [0.3, 0.4) is 0 Å². The van der Waals surface area contributed by atoms with Crippen LogP contribution in [0.1, 0.15) is 213 Å². The lowest BCUT2D eigenvalue weighted by molar-refractivity contribution is -0.124. The average molecular weight is 787 g/mol. The Morgan fingerprint density at radius 2 is 1.04 bits per heavy atom. The molecule has 0 aromatic heterocycles. The highest BCUT2D eigenvalue weighted by atomic mass is 31.2. The zero-order valence-electron chi connectivity index (χ0n) is 35.1. The summed E-state index contributed by atoms with van der Waals surface area (Å²) in [6.45, 7) is 3.97. The molecule has 1 amide bonds. The Morgan fingerprint density at radius 1 is 0.630 bits per heavy atom. The predicted octanol–water partition coefficient (Wildman–Crippen LogP) is 11.5. The van der Waals surface area contributed by atoms with E-state index in [2.05, 4.69) is 31.3 Å². The number of carbonyl (C=O) groups is 1. The average Bonchev–Trinajstić information content (AvgIpc) is 3.15. The monoisotopic (exact) mass is 787 g/mol. The minimum atomic E-state index is -4.40. The van der Waals surface area contributed by atoms with Gasteiger partial charge in [0.15, 0.2) is 0 Å². The second-order valence-corrected chi connectivity index (χ2v) is 16.9. The Bertz CT molecular complexity index is 919. The van der Waals surface area contributed by atoms with Crippen LogP contribution in [0.15, 0.2) is 24.3 Å². The van der Waals surface area contributed by atoms with Crippen LogP contribution in [-0.2, 0) is 18.4 Å². The van der Waals surface area contributed by atoms with Gasteiger partial charge in [-0.1, -0.05) is 186 Å². The van der Waals surface area contributed by atoms with Crippen molar-refractivity contribution < 1.29 is 33.5 Å². The van der Waals surface area contributed by atoms with Crippen molar-refractivity contribution in [3.8, 4) is 0 Å². The molecule has 9 nitrogen and oxygen atoms in total. The molecule has 0 spiro atoms. The van der Waals surface area contributed by atoms with E-state index < -0.39 is 38.6 Å². The van der Waals surface area contributed by atoms with Gasteiger partial charge in [-0.05, 0) is 44.9 Å². The standard InChI is InChI=1S/C44H87N2O7P/c1-3-5-7-9-11-13-15-17-19-20-22-24-26-28-30-32-34-36-43(48)42(40-53-54(50,51)52-38-37-45)46-44(49)39-41(47)35-33-31-29-27-25-23-21-18-16-14-12-10-8-6-4-2/h18,21,34,36,41-43,47-48H,3-17,19-20,22-33,35,37-40,45H2,1-2H3,(H,46,49)(H,50,51)/b21-18-,36-34+. The number of aliphatic hydroxyl groups is 2. The van der Waals surface area contributed by atoms with Gasteiger partial charge in [0, 0.05) is 6.54 Å². The van der Waals surface area contributed by atoms with E-state index in [9.17, 15) is 24.5 Å². The molecule has 0 aliphatic carbocycles. The molecule has 0 rings (SSSR count). The summed E-state index contributed by atoms with van der Waals surface area (Å²) in [5.41, 5.74) is 5.36. The van der Waals surface area contributed by atoms with Crippen LogP contribution in [0.2, 0.25) is 0 Å². The maximum absolute atomic E-state index is 12.8. The number of allylic oxidation sites excluding steroid dienone is 3. The lowest BCUT2D eigenvalue weighted by Gasteiger charge is -2.24. The number of rotatable bonds is 42. The normalized spacial score (nSPS) is 14.9. The lowest BCUT2D eigenvalue weighted by atomic mass is 10.0. The highest BCUT2D eigenvalue weighted by Crippen LogP contribution is 2.43. The molecule has 54 heavy (non-hydrogen) atoms. The zero-order valence-corrected chi connectivity index (χ0v) is 36.0. The number of nitrogens with two attached hydrogens (primary N) is 1. The topological polar surface area (TPSA) is 151 Å². The molecule has 0 saturated carbocycles. The number of carbonyl (C=O) groups excluding carboxylic acids is 1. The minimum absolute atomic E-state index is 0.0489. The zero-order chi connectivity index (χ0) is 39.8. The van der Waals surface area contributed by atoms with Crippen molar-refractivity contribution in [2.75, 3.05) is 19.8 Å². The molecule has 0 aliphatic heterocycles. The molecule has 4 atom stereocenters. The molecule has 320 valence electrons. The van der Waals surface area contributed by atoms with Crippen LogP contribution in [0.25, 0.3) is 0 Å². The van der Waals surface area contributed by atoms with Crippen LogP contribution in [0.5, 0.6) is 0 Å². The molecule has 0 heterocycles.